The first kappa shape index (κ1) is 10.2. The molecule has 1 aromatic carbocycles. The van der Waals surface area contributed by atoms with Gasteiger partial charge in [-0.05, 0) is 18.9 Å². The summed E-state index contributed by atoms with van der Waals surface area (Å²) in [5.41, 5.74) is 8.26. The fourth-order valence-corrected chi connectivity index (χ4v) is 1.97. The van der Waals surface area contributed by atoms with Crippen molar-refractivity contribution in [3.05, 3.63) is 35.6 Å². The fraction of sp³-hybridized carbons (Fsp3) is 0.385. The molecule has 0 amide bonds. The molecule has 2 nitrogen and oxygen atoms in total. The van der Waals surface area contributed by atoms with Crippen molar-refractivity contribution in [1.82, 2.24) is 0 Å². The smallest absolute Gasteiger partial charge is 0.134 e. The minimum Gasteiger partial charge on any atom is -0.459 e. The Labute approximate surface area is 90.1 Å². The van der Waals surface area contributed by atoms with E-state index in [4.69, 9.17) is 10.2 Å². The number of furan rings is 1. The summed E-state index contributed by atoms with van der Waals surface area (Å²) in [6.45, 7) is 4.22. The molecule has 0 aliphatic carbocycles. The second kappa shape index (κ2) is 4.07. The molecule has 0 aliphatic heterocycles. The second-order valence-electron chi connectivity index (χ2n) is 3.81. The van der Waals surface area contributed by atoms with Crippen molar-refractivity contribution in [1.29, 1.82) is 0 Å². The van der Waals surface area contributed by atoms with E-state index in [0.717, 1.165) is 24.2 Å². The molecule has 80 valence electrons. The van der Waals surface area contributed by atoms with Gasteiger partial charge >= 0.3 is 0 Å². The van der Waals surface area contributed by atoms with Crippen LogP contribution >= 0.6 is 0 Å². The van der Waals surface area contributed by atoms with Crippen LogP contribution in [0.15, 0.2) is 28.7 Å². The van der Waals surface area contributed by atoms with Gasteiger partial charge in [-0.1, -0.05) is 32.0 Å². The number of para-hydroxylation sites is 1. The third-order valence-corrected chi connectivity index (χ3v) is 2.86. The molecule has 0 fully saturated rings. The van der Waals surface area contributed by atoms with Crippen molar-refractivity contribution in [3.63, 3.8) is 0 Å². The number of hydrogen-bond acceptors (Lipinski definition) is 2. The summed E-state index contributed by atoms with van der Waals surface area (Å²) in [5, 5.41) is 1.21. The van der Waals surface area contributed by atoms with E-state index in [1.54, 1.807) is 0 Å². The summed E-state index contributed by atoms with van der Waals surface area (Å²) < 4.78 is 5.82. The summed E-state index contributed by atoms with van der Waals surface area (Å²) in [7, 11) is 0. The lowest BCUT2D eigenvalue weighted by Gasteiger charge is -2.06. The van der Waals surface area contributed by atoms with Crippen molar-refractivity contribution in [2.75, 3.05) is 0 Å². The van der Waals surface area contributed by atoms with Crippen LogP contribution in [0.4, 0.5) is 0 Å². The molecule has 1 aromatic heterocycles. The van der Waals surface area contributed by atoms with E-state index in [2.05, 4.69) is 19.9 Å². The molecular weight excluding hydrogens is 186 g/mol. The maximum Gasteiger partial charge on any atom is 0.134 e. The maximum atomic E-state index is 6.04. The molecule has 0 saturated heterocycles. The zero-order chi connectivity index (χ0) is 10.8. The Hall–Kier alpha value is -1.28. The lowest BCUT2D eigenvalue weighted by Crippen LogP contribution is -2.09. The summed E-state index contributed by atoms with van der Waals surface area (Å²) in [5.74, 6) is 0.959. The third-order valence-electron chi connectivity index (χ3n) is 2.86. The Bertz CT molecular complexity index is 459. The monoisotopic (exact) mass is 203 g/mol. The van der Waals surface area contributed by atoms with Crippen LogP contribution in [0.5, 0.6) is 0 Å². The van der Waals surface area contributed by atoms with E-state index >= 15 is 0 Å². The molecule has 1 atom stereocenters. The first-order valence-electron chi connectivity index (χ1n) is 5.53. The van der Waals surface area contributed by atoms with Crippen LogP contribution in [0, 0.1) is 0 Å². The second-order valence-corrected chi connectivity index (χ2v) is 3.81. The van der Waals surface area contributed by atoms with Gasteiger partial charge in [0, 0.05) is 10.9 Å². The first-order valence-corrected chi connectivity index (χ1v) is 5.53. The number of hydrogen-bond donors (Lipinski definition) is 1. The summed E-state index contributed by atoms with van der Waals surface area (Å²) in [6, 6.07) is 8.15. The highest BCUT2D eigenvalue weighted by molar-refractivity contribution is 5.82. The fourth-order valence-electron chi connectivity index (χ4n) is 1.97. The molecule has 2 aromatic rings. The highest BCUT2D eigenvalue weighted by Crippen LogP contribution is 2.30. The van der Waals surface area contributed by atoms with E-state index in [1.165, 1.54) is 10.9 Å². The van der Waals surface area contributed by atoms with Crippen molar-refractivity contribution >= 4 is 11.0 Å². The molecule has 0 saturated carbocycles. The van der Waals surface area contributed by atoms with E-state index in [1.807, 2.05) is 18.2 Å². The van der Waals surface area contributed by atoms with Gasteiger partial charge in [-0.25, -0.2) is 0 Å². The average Bonchev–Trinajstić information content (AvgIpc) is 2.66. The molecular formula is C13H17NO. The van der Waals surface area contributed by atoms with Crippen LogP contribution in [-0.4, -0.2) is 0 Å². The molecule has 1 heterocycles. The molecule has 2 N–H and O–H groups in total. The number of benzene rings is 1. The predicted molar refractivity (Wildman–Crippen MR) is 62.8 cm³/mol. The van der Waals surface area contributed by atoms with Gasteiger partial charge in [0.05, 0.1) is 6.04 Å². The molecule has 15 heavy (non-hydrogen) atoms. The Morgan fingerprint density at radius 1 is 1.27 bits per heavy atom. The van der Waals surface area contributed by atoms with Crippen LogP contribution in [0.2, 0.25) is 0 Å². The van der Waals surface area contributed by atoms with Gasteiger partial charge in [0.2, 0.25) is 0 Å². The number of nitrogens with two attached hydrogens (primary N) is 1. The van der Waals surface area contributed by atoms with Crippen molar-refractivity contribution in [3.8, 4) is 0 Å². The predicted octanol–water partition coefficient (Wildman–Crippen LogP) is 3.41. The van der Waals surface area contributed by atoms with Crippen molar-refractivity contribution in [2.45, 2.75) is 32.7 Å². The van der Waals surface area contributed by atoms with Gasteiger partial charge in [-0.2, -0.15) is 0 Å². The van der Waals surface area contributed by atoms with E-state index in [-0.39, 0.29) is 6.04 Å². The number of rotatable bonds is 3. The molecule has 2 heteroatoms. The first-order chi connectivity index (χ1) is 7.27. The topological polar surface area (TPSA) is 39.2 Å². The van der Waals surface area contributed by atoms with Gasteiger partial charge in [0.25, 0.3) is 0 Å². The van der Waals surface area contributed by atoms with Gasteiger partial charge in [-0.3, -0.25) is 0 Å². The zero-order valence-electron chi connectivity index (χ0n) is 9.29. The summed E-state index contributed by atoms with van der Waals surface area (Å²) in [4.78, 5) is 0. The summed E-state index contributed by atoms with van der Waals surface area (Å²) in [6.07, 6.45) is 1.88. The van der Waals surface area contributed by atoms with E-state index < -0.39 is 0 Å². The Morgan fingerprint density at radius 3 is 2.67 bits per heavy atom. The molecule has 0 spiro atoms. The van der Waals surface area contributed by atoms with Crippen molar-refractivity contribution in [2.24, 2.45) is 5.73 Å². The van der Waals surface area contributed by atoms with Crippen LogP contribution in [0.25, 0.3) is 11.0 Å². The summed E-state index contributed by atoms with van der Waals surface area (Å²) >= 11 is 0. The Kier molecular flexibility index (Phi) is 2.78. The third kappa shape index (κ3) is 1.65. The van der Waals surface area contributed by atoms with Gasteiger partial charge in [0.15, 0.2) is 0 Å². The quantitative estimate of drug-likeness (QED) is 0.830. The average molecular weight is 203 g/mol. The van der Waals surface area contributed by atoms with E-state index in [9.17, 15) is 0 Å². The number of aryl methyl sites for hydroxylation is 1. The number of fused-ring (bicyclic) bond motifs is 1. The lowest BCUT2D eigenvalue weighted by atomic mass is 10.0. The maximum absolute atomic E-state index is 6.04. The zero-order valence-corrected chi connectivity index (χ0v) is 9.29. The minimum absolute atomic E-state index is 0.0207. The SMILES string of the molecule is CCc1c(C(N)CC)oc2ccccc12. The molecule has 2 rings (SSSR count). The molecule has 0 aliphatic rings. The largest absolute Gasteiger partial charge is 0.459 e. The Morgan fingerprint density at radius 2 is 2.00 bits per heavy atom. The lowest BCUT2D eigenvalue weighted by molar-refractivity contribution is 0.482. The molecule has 0 radical (unpaired) electrons. The molecule has 1 unspecified atom stereocenters. The van der Waals surface area contributed by atoms with Gasteiger partial charge in [-0.15, -0.1) is 0 Å². The highest BCUT2D eigenvalue weighted by atomic mass is 16.3. The van der Waals surface area contributed by atoms with Crippen LogP contribution in [0.3, 0.4) is 0 Å². The van der Waals surface area contributed by atoms with Crippen LogP contribution < -0.4 is 5.73 Å². The van der Waals surface area contributed by atoms with Gasteiger partial charge < -0.3 is 10.2 Å². The molecule has 0 bridgehead atoms. The Balaban J connectivity index is 2.63. The minimum atomic E-state index is 0.0207. The van der Waals surface area contributed by atoms with Gasteiger partial charge in [0.1, 0.15) is 11.3 Å². The van der Waals surface area contributed by atoms with E-state index in [0.29, 0.717) is 0 Å². The van der Waals surface area contributed by atoms with Crippen LogP contribution in [0.1, 0.15) is 37.6 Å². The van der Waals surface area contributed by atoms with Crippen LogP contribution in [-0.2, 0) is 6.42 Å². The normalized spacial score (nSPS) is 13.3. The standard InChI is InChI=1S/C13H17NO/c1-3-9-10-7-5-6-8-12(10)15-13(9)11(14)4-2/h5-8,11H,3-4,14H2,1-2H3. The van der Waals surface area contributed by atoms with Crippen molar-refractivity contribution < 1.29 is 4.42 Å². The highest BCUT2D eigenvalue weighted by Gasteiger charge is 2.16.